The first-order chi connectivity index (χ1) is 13.7. The van der Waals surface area contributed by atoms with Crippen molar-refractivity contribution in [2.45, 2.75) is 13.0 Å². The van der Waals surface area contributed by atoms with Gasteiger partial charge in [-0.1, -0.05) is 42.5 Å². The van der Waals surface area contributed by atoms with Crippen molar-refractivity contribution >= 4 is 17.0 Å². The van der Waals surface area contributed by atoms with Crippen molar-refractivity contribution in [3.8, 4) is 17.1 Å². The zero-order valence-electron chi connectivity index (χ0n) is 15.5. The second-order valence-electron chi connectivity index (χ2n) is 6.56. The maximum atomic E-state index is 11.3. The Bertz CT molecular complexity index is 1120. The highest BCUT2D eigenvalue weighted by molar-refractivity contribution is 5.93. The van der Waals surface area contributed by atoms with E-state index in [1.807, 2.05) is 48.5 Å². The lowest BCUT2D eigenvalue weighted by Gasteiger charge is -2.10. The third-order valence-corrected chi connectivity index (χ3v) is 4.81. The lowest BCUT2D eigenvalue weighted by Crippen LogP contribution is -2.04. The van der Waals surface area contributed by atoms with Gasteiger partial charge in [0.2, 0.25) is 0 Å². The summed E-state index contributed by atoms with van der Waals surface area (Å²) < 4.78 is 7.37. The van der Waals surface area contributed by atoms with Crippen LogP contribution in [0.15, 0.2) is 72.8 Å². The quantitative estimate of drug-likeness (QED) is 0.535. The number of aromatic carboxylic acids is 1. The molecule has 4 aromatic rings. The third-order valence-electron chi connectivity index (χ3n) is 4.81. The molecule has 0 spiro atoms. The zero-order valence-corrected chi connectivity index (χ0v) is 15.5. The molecule has 0 bridgehead atoms. The fourth-order valence-corrected chi connectivity index (χ4v) is 3.33. The number of carbonyl (C=O) groups is 1. The van der Waals surface area contributed by atoms with Crippen LogP contribution in [-0.4, -0.2) is 27.7 Å². The van der Waals surface area contributed by atoms with Crippen LogP contribution >= 0.6 is 0 Å². The summed E-state index contributed by atoms with van der Waals surface area (Å²) in [6.45, 7) is 0.736. The molecular weight excluding hydrogens is 352 g/mol. The number of methoxy groups -OCH3 is 1. The molecule has 0 aliphatic carbocycles. The van der Waals surface area contributed by atoms with Crippen molar-refractivity contribution in [1.82, 2.24) is 9.55 Å². The molecule has 0 saturated heterocycles. The molecule has 0 radical (unpaired) electrons. The maximum Gasteiger partial charge on any atom is 0.335 e. The van der Waals surface area contributed by atoms with Gasteiger partial charge in [0, 0.05) is 12.1 Å². The third kappa shape index (κ3) is 3.47. The molecule has 0 unspecified atom stereocenters. The van der Waals surface area contributed by atoms with Crippen LogP contribution in [0, 0.1) is 0 Å². The molecule has 5 heteroatoms. The van der Waals surface area contributed by atoms with Gasteiger partial charge in [-0.05, 0) is 42.3 Å². The summed E-state index contributed by atoms with van der Waals surface area (Å²) in [4.78, 5) is 16.1. The molecule has 5 nitrogen and oxygen atoms in total. The number of fused-ring (bicyclic) bond motifs is 1. The molecular formula is C23H20N2O3. The average Bonchev–Trinajstić information content (AvgIpc) is 3.11. The molecule has 0 atom stereocenters. The minimum absolute atomic E-state index is 0.243. The minimum atomic E-state index is -0.948. The Morgan fingerprint density at radius 2 is 1.79 bits per heavy atom. The van der Waals surface area contributed by atoms with Gasteiger partial charge < -0.3 is 14.4 Å². The molecule has 3 aromatic carbocycles. The van der Waals surface area contributed by atoms with Gasteiger partial charge in [0.15, 0.2) is 0 Å². The van der Waals surface area contributed by atoms with Gasteiger partial charge in [-0.2, -0.15) is 0 Å². The second kappa shape index (κ2) is 7.56. The number of carboxylic acids is 1. The van der Waals surface area contributed by atoms with Crippen LogP contribution in [0.2, 0.25) is 0 Å². The Kier molecular flexibility index (Phi) is 4.81. The van der Waals surface area contributed by atoms with Crippen molar-refractivity contribution < 1.29 is 14.6 Å². The summed E-state index contributed by atoms with van der Waals surface area (Å²) in [7, 11) is 1.66. The van der Waals surface area contributed by atoms with E-state index in [9.17, 15) is 9.90 Å². The van der Waals surface area contributed by atoms with E-state index in [-0.39, 0.29) is 5.56 Å². The standard InChI is InChI=1S/C23H20N2O3/c1-28-19-10-7-16(8-11-19)13-14-25-21-12-9-18(23(26)27)15-20(21)24-22(25)17-5-3-2-4-6-17/h2-12,15H,13-14H2,1H3,(H,26,27). The normalized spacial score (nSPS) is 10.9. The van der Waals surface area contributed by atoms with Crippen molar-refractivity contribution in [3.05, 3.63) is 83.9 Å². The zero-order chi connectivity index (χ0) is 19.5. The molecule has 1 aromatic heterocycles. The topological polar surface area (TPSA) is 64.4 Å². The van der Waals surface area contributed by atoms with Crippen LogP contribution in [0.25, 0.3) is 22.4 Å². The fraction of sp³-hybridized carbons (Fsp3) is 0.130. The summed E-state index contributed by atoms with van der Waals surface area (Å²) in [5.74, 6) is 0.727. The largest absolute Gasteiger partial charge is 0.497 e. The number of hydrogen-bond acceptors (Lipinski definition) is 3. The van der Waals surface area contributed by atoms with Gasteiger partial charge in [0.05, 0.1) is 23.7 Å². The van der Waals surface area contributed by atoms with E-state index >= 15 is 0 Å². The van der Waals surface area contributed by atoms with Crippen molar-refractivity contribution in [1.29, 1.82) is 0 Å². The Balaban J connectivity index is 1.74. The van der Waals surface area contributed by atoms with Gasteiger partial charge in [0.25, 0.3) is 0 Å². The number of ether oxygens (including phenoxy) is 1. The smallest absolute Gasteiger partial charge is 0.335 e. The van der Waals surface area contributed by atoms with E-state index in [1.165, 1.54) is 5.56 Å². The predicted octanol–water partition coefficient (Wildman–Crippen LogP) is 4.65. The summed E-state index contributed by atoms with van der Waals surface area (Å²) in [5.41, 5.74) is 4.06. The molecule has 0 amide bonds. The predicted molar refractivity (Wildman–Crippen MR) is 109 cm³/mol. The van der Waals surface area contributed by atoms with E-state index in [0.717, 1.165) is 35.6 Å². The Labute approximate surface area is 162 Å². The molecule has 4 rings (SSSR count). The van der Waals surface area contributed by atoms with E-state index < -0.39 is 5.97 Å². The first-order valence-electron chi connectivity index (χ1n) is 9.07. The Hall–Kier alpha value is -3.60. The molecule has 0 aliphatic heterocycles. The van der Waals surface area contributed by atoms with Gasteiger partial charge in [-0.25, -0.2) is 9.78 Å². The number of hydrogen-bond donors (Lipinski definition) is 1. The fourth-order valence-electron chi connectivity index (χ4n) is 3.33. The highest BCUT2D eigenvalue weighted by Gasteiger charge is 2.14. The average molecular weight is 372 g/mol. The Morgan fingerprint density at radius 3 is 2.46 bits per heavy atom. The van der Waals surface area contributed by atoms with Crippen LogP contribution < -0.4 is 4.74 Å². The van der Waals surface area contributed by atoms with E-state index in [0.29, 0.717) is 5.52 Å². The van der Waals surface area contributed by atoms with Crippen LogP contribution in [0.5, 0.6) is 5.75 Å². The summed E-state index contributed by atoms with van der Waals surface area (Å²) in [6.07, 6.45) is 0.829. The lowest BCUT2D eigenvalue weighted by molar-refractivity contribution is 0.0697. The van der Waals surface area contributed by atoms with Crippen LogP contribution in [0.1, 0.15) is 15.9 Å². The number of rotatable bonds is 6. The molecule has 1 heterocycles. The summed E-state index contributed by atoms with van der Waals surface area (Å²) in [6, 6.07) is 23.1. The number of aryl methyl sites for hydroxylation is 2. The highest BCUT2D eigenvalue weighted by atomic mass is 16.5. The SMILES string of the molecule is COc1ccc(CCn2c(-c3ccccc3)nc3cc(C(=O)O)ccc32)cc1. The first-order valence-corrected chi connectivity index (χ1v) is 9.07. The van der Waals surface area contributed by atoms with Crippen molar-refractivity contribution in [2.75, 3.05) is 7.11 Å². The summed E-state index contributed by atoms with van der Waals surface area (Å²) in [5, 5.41) is 9.29. The molecule has 0 saturated carbocycles. The van der Waals surface area contributed by atoms with Gasteiger partial charge >= 0.3 is 5.97 Å². The number of nitrogens with zero attached hydrogens (tertiary/aromatic N) is 2. The minimum Gasteiger partial charge on any atom is -0.497 e. The van der Waals surface area contributed by atoms with Crippen molar-refractivity contribution in [2.24, 2.45) is 0 Å². The molecule has 0 aliphatic rings. The van der Waals surface area contributed by atoms with E-state index in [2.05, 4.69) is 16.7 Å². The summed E-state index contributed by atoms with van der Waals surface area (Å²) >= 11 is 0. The number of benzene rings is 3. The van der Waals surface area contributed by atoms with Crippen LogP contribution in [0.3, 0.4) is 0 Å². The molecule has 140 valence electrons. The van der Waals surface area contributed by atoms with Crippen molar-refractivity contribution in [3.63, 3.8) is 0 Å². The highest BCUT2D eigenvalue weighted by Crippen LogP contribution is 2.26. The number of aromatic nitrogens is 2. The van der Waals surface area contributed by atoms with Crippen LogP contribution in [0.4, 0.5) is 0 Å². The van der Waals surface area contributed by atoms with E-state index in [4.69, 9.17) is 9.72 Å². The molecule has 1 N–H and O–H groups in total. The number of carboxylic acid groups (broad SMARTS) is 1. The molecule has 0 fully saturated rings. The van der Waals surface area contributed by atoms with Crippen LogP contribution in [-0.2, 0) is 13.0 Å². The second-order valence-corrected chi connectivity index (χ2v) is 6.56. The number of imidazole rings is 1. The van der Waals surface area contributed by atoms with Gasteiger partial charge in [-0.15, -0.1) is 0 Å². The Morgan fingerprint density at radius 1 is 1.04 bits per heavy atom. The maximum absolute atomic E-state index is 11.3. The first kappa shape index (κ1) is 17.8. The van der Waals surface area contributed by atoms with Gasteiger partial charge in [-0.3, -0.25) is 0 Å². The lowest BCUT2D eigenvalue weighted by atomic mass is 10.1. The monoisotopic (exact) mass is 372 g/mol. The van der Waals surface area contributed by atoms with Gasteiger partial charge in [0.1, 0.15) is 11.6 Å². The molecule has 28 heavy (non-hydrogen) atoms. The van der Waals surface area contributed by atoms with E-state index in [1.54, 1.807) is 19.2 Å².